The van der Waals surface area contributed by atoms with Crippen molar-refractivity contribution < 1.29 is 8.42 Å². The maximum Gasteiger partial charge on any atom is 0.212 e. The third-order valence-electron chi connectivity index (χ3n) is 3.75. The van der Waals surface area contributed by atoms with E-state index in [1.165, 1.54) is 0 Å². The molecule has 0 aromatic heterocycles. The molecule has 1 atom stereocenters. The van der Waals surface area contributed by atoms with Crippen LogP contribution in [0, 0.1) is 5.41 Å². The van der Waals surface area contributed by atoms with Gasteiger partial charge in [0, 0.05) is 11.9 Å². The summed E-state index contributed by atoms with van der Waals surface area (Å²) in [6.45, 7) is 2.51. The van der Waals surface area contributed by atoms with Crippen LogP contribution in [0.4, 0.5) is 0 Å². The summed E-state index contributed by atoms with van der Waals surface area (Å²) >= 11 is 3.45. The molecule has 1 aliphatic rings. The van der Waals surface area contributed by atoms with E-state index in [1.54, 1.807) is 0 Å². The zero-order valence-electron chi connectivity index (χ0n) is 11.1. The van der Waals surface area contributed by atoms with E-state index in [4.69, 9.17) is 0 Å². The van der Waals surface area contributed by atoms with Crippen LogP contribution in [0.5, 0.6) is 0 Å². The monoisotopic (exact) mass is 345 g/mol. The van der Waals surface area contributed by atoms with Crippen LogP contribution in [0.25, 0.3) is 0 Å². The molecule has 1 unspecified atom stereocenters. The first-order valence-corrected chi connectivity index (χ1v) is 9.32. The molecule has 3 nitrogen and oxygen atoms in total. The second-order valence-electron chi connectivity index (χ2n) is 5.55. The summed E-state index contributed by atoms with van der Waals surface area (Å²) in [5.74, 6) is 0.160. The van der Waals surface area contributed by atoms with Crippen LogP contribution in [-0.2, 0) is 10.0 Å². The average molecular weight is 346 g/mol. The largest absolute Gasteiger partial charge is 0.215 e. The number of alkyl halides is 1. The lowest BCUT2D eigenvalue weighted by molar-refractivity contribution is 0.535. The van der Waals surface area contributed by atoms with Gasteiger partial charge in [0.25, 0.3) is 0 Å². The topological polar surface area (TPSA) is 46.2 Å². The highest BCUT2D eigenvalue weighted by Gasteiger charge is 2.42. The highest BCUT2D eigenvalue weighted by Crippen LogP contribution is 2.46. The van der Waals surface area contributed by atoms with Crippen molar-refractivity contribution >= 4 is 26.0 Å². The Bertz CT molecular complexity index is 512. The summed E-state index contributed by atoms with van der Waals surface area (Å²) in [5, 5.41) is 0.872. The van der Waals surface area contributed by atoms with Crippen molar-refractivity contribution in [1.29, 1.82) is 0 Å². The fourth-order valence-corrected chi connectivity index (χ4v) is 4.32. The van der Waals surface area contributed by atoms with Crippen LogP contribution in [0.1, 0.15) is 31.2 Å². The van der Waals surface area contributed by atoms with Crippen molar-refractivity contribution in [3.63, 3.8) is 0 Å². The number of benzene rings is 1. The van der Waals surface area contributed by atoms with E-state index in [2.05, 4.69) is 20.7 Å². The third-order valence-corrected chi connectivity index (χ3v) is 6.46. The summed E-state index contributed by atoms with van der Waals surface area (Å²) in [6.07, 6.45) is 2.21. The van der Waals surface area contributed by atoms with Gasteiger partial charge in [-0.15, -0.1) is 0 Å². The molecule has 0 aliphatic heterocycles. The van der Waals surface area contributed by atoms with Crippen molar-refractivity contribution in [2.45, 2.75) is 25.7 Å². The summed E-state index contributed by atoms with van der Waals surface area (Å²) in [4.78, 5) is 0. The second-order valence-corrected chi connectivity index (χ2v) is 7.96. The van der Waals surface area contributed by atoms with Gasteiger partial charge >= 0.3 is 0 Å². The minimum Gasteiger partial charge on any atom is -0.215 e. The Balaban J connectivity index is 1.90. The van der Waals surface area contributed by atoms with Crippen LogP contribution < -0.4 is 4.72 Å². The first kappa shape index (κ1) is 15.0. The number of hydrogen-bond acceptors (Lipinski definition) is 2. The number of sulfonamides is 1. The number of halogens is 1. The molecule has 1 saturated carbocycles. The lowest BCUT2D eigenvalue weighted by Crippen LogP contribution is -2.34. The predicted molar refractivity (Wildman–Crippen MR) is 82.1 cm³/mol. The molecule has 1 aliphatic carbocycles. The van der Waals surface area contributed by atoms with Gasteiger partial charge in [-0.1, -0.05) is 53.2 Å². The first-order chi connectivity index (χ1) is 8.96. The molecule has 0 radical (unpaired) electrons. The summed E-state index contributed by atoms with van der Waals surface area (Å²) in [7, 11) is -3.20. The predicted octanol–water partition coefficient (Wildman–Crippen LogP) is 2.88. The molecule has 1 aromatic rings. The quantitative estimate of drug-likeness (QED) is 0.772. The molecule has 1 fully saturated rings. The molecule has 2 rings (SSSR count). The van der Waals surface area contributed by atoms with Gasteiger partial charge in [0.1, 0.15) is 0 Å². The molecule has 1 N–H and O–H groups in total. The van der Waals surface area contributed by atoms with Gasteiger partial charge in [0.15, 0.2) is 0 Å². The molecule has 0 saturated heterocycles. The van der Waals surface area contributed by atoms with Gasteiger partial charge in [-0.25, -0.2) is 13.1 Å². The smallest absolute Gasteiger partial charge is 0.212 e. The minimum absolute atomic E-state index is 0.0119. The van der Waals surface area contributed by atoms with Gasteiger partial charge in [0.2, 0.25) is 10.0 Å². The van der Waals surface area contributed by atoms with E-state index in [0.717, 1.165) is 23.7 Å². The first-order valence-electron chi connectivity index (χ1n) is 6.55. The van der Waals surface area contributed by atoms with Crippen LogP contribution in [-0.4, -0.2) is 26.0 Å². The summed E-state index contributed by atoms with van der Waals surface area (Å²) in [6, 6.07) is 9.77. The minimum atomic E-state index is -3.20. The zero-order chi connectivity index (χ0) is 13.9. The molecule has 5 heteroatoms. The Morgan fingerprint density at radius 1 is 1.32 bits per heavy atom. The van der Waals surface area contributed by atoms with Crippen LogP contribution in [0.2, 0.25) is 0 Å². The van der Waals surface area contributed by atoms with Crippen molar-refractivity contribution in [3.05, 3.63) is 35.9 Å². The Morgan fingerprint density at radius 3 is 2.47 bits per heavy atom. The Hall–Kier alpha value is -0.390. The van der Waals surface area contributed by atoms with Crippen molar-refractivity contribution in [2.24, 2.45) is 5.41 Å². The Morgan fingerprint density at radius 2 is 1.95 bits per heavy atom. The molecular formula is C14H20BrNO2S. The molecule has 106 valence electrons. The Labute approximate surface area is 124 Å². The van der Waals surface area contributed by atoms with Crippen LogP contribution in [0.3, 0.4) is 0 Å². The molecule has 0 bridgehead atoms. The Kier molecular flexibility index (Phi) is 4.69. The van der Waals surface area contributed by atoms with Gasteiger partial charge in [-0.05, 0) is 29.7 Å². The molecular weight excluding hydrogens is 326 g/mol. The summed E-state index contributed by atoms with van der Waals surface area (Å²) < 4.78 is 26.9. The lowest BCUT2D eigenvalue weighted by Gasteiger charge is -2.16. The number of hydrogen-bond donors (Lipinski definition) is 1. The highest BCUT2D eigenvalue weighted by atomic mass is 79.9. The van der Waals surface area contributed by atoms with Crippen molar-refractivity contribution in [1.82, 2.24) is 4.72 Å². The highest BCUT2D eigenvalue weighted by molar-refractivity contribution is 9.09. The van der Waals surface area contributed by atoms with Crippen molar-refractivity contribution in [3.8, 4) is 0 Å². The molecule has 0 heterocycles. The number of nitrogens with one attached hydrogen (secondary N) is 1. The van der Waals surface area contributed by atoms with E-state index in [0.29, 0.717) is 6.54 Å². The second kappa shape index (κ2) is 5.94. The van der Waals surface area contributed by atoms with Gasteiger partial charge in [0.05, 0.1) is 5.75 Å². The van der Waals surface area contributed by atoms with Crippen LogP contribution in [0.15, 0.2) is 30.3 Å². The van der Waals surface area contributed by atoms with E-state index in [9.17, 15) is 8.42 Å². The maximum atomic E-state index is 12.1. The number of rotatable bonds is 7. The molecule has 1 aromatic carbocycles. The standard InChI is InChI=1S/C14H20BrNO2S/c1-12(13-5-3-2-4-6-13)9-19(17,18)16-11-14(10-15)7-8-14/h2-6,12,16H,7-11H2,1H3. The van der Waals surface area contributed by atoms with E-state index in [-0.39, 0.29) is 17.1 Å². The van der Waals surface area contributed by atoms with E-state index < -0.39 is 10.0 Å². The van der Waals surface area contributed by atoms with Crippen LogP contribution >= 0.6 is 15.9 Å². The molecule has 19 heavy (non-hydrogen) atoms. The zero-order valence-corrected chi connectivity index (χ0v) is 13.5. The van der Waals surface area contributed by atoms with E-state index in [1.807, 2.05) is 37.3 Å². The van der Waals surface area contributed by atoms with Crippen molar-refractivity contribution in [2.75, 3.05) is 17.6 Å². The normalized spacial score (nSPS) is 19.1. The van der Waals surface area contributed by atoms with Gasteiger partial charge in [-0.2, -0.15) is 0 Å². The van der Waals surface area contributed by atoms with E-state index >= 15 is 0 Å². The summed E-state index contributed by atoms with van der Waals surface area (Å²) in [5.41, 5.74) is 1.23. The van der Waals surface area contributed by atoms with Gasteiger partial charge < -0.3 is 0 Å². The fourth-order valence-electron chi connectivity index (χ4n) is 2.06. The lowest BCUT2D eigenvalue weighted by atomic mass is 10.0. The third kappa shape index (κ3) is 4.29. The van der Waals surface area contributed by atoms with Gasteiger partial charge in [-0.3, -0.25) is 0 Å². The fraction of sp³-hybridized carbons (Fsp3) is 0.571. The SMILES string of the molecule is CC(CS(=O)(=O)NCC1(CBr)CC1)c1ccccc1. The molecule has 0 amide bonds. The average Bonchev–Trinajstić information content (AvgIpc) is 3.18. The maximum absolute atomic E-state index is 12.1. The molecule has 0 spiro atoms.